The number of aryl methyl sites for hydroxylation is 1. The van der Waals surface area contributed by atoms with Crippen molar-refractivity contribution >= 4 is 23.1 Å². The lowest BCUT2D eigenvalue weighted by Crippen LogP contribution is -2.14. The molecule has 0 unspecified atom stereocenters. The van der Waals surface area contributed by atoms with E-state index in [1.807, 2.05) is 0 Å². The molecule has 8 heteroatoms. The average molecular weight is 287 g/mol. The lowest BCUT2D eigenvalue weighted by atomic mass is 10.2. The van der Waals surface area contributed by atoms with Crippen molar-refractivity contribution < 1.29 is 18.0 Å². The van der Waals surface area contributed by atoms with Gasteiger partial charge in [0, 0.05) is 0 Å². The van der Waals surface area contributed by atoms with Gasteiger partial charge in [0.1, 0.15) is 4.88 Å². The van der Waals surface area contributed by atoms with Crippen molar-refractivity contribution in [1.82, 2.24) is 9.59 Å². The van der Waals surface area contributed by atoms with Crippen LogP contribution in [0.1, 0.15) is 22.3 Å². The number of amides is 1. The van der Waals surface area contributed by atoms with E-state index in [1.54, 1.807) is 6.92 Å². The molecule has 4 nitrogen and oxygen atoms in total. The van der Waals surface area contributed by atoms with Crippen LogP contribution in [-0.4, -0.2) is 15.5 Å². The molecule has 1 aromatic carbocycles. The Morgan fingerprint density at radius 3 is 2.74 bits per heavy atom. The lowest BCUT2D eigenvalue weighted by Gasteiger charge is -2.06. The maximum absolute atomic E-state index is 13.4. The molecular weight excluding hydrogens is 279 g/mol. The highest BCUT2D eigenvalue weighted by Crippen LogP contribution is 2.21. The van der Waals surface area contributed by atoms with Crippen LogP contribution in [0.15, 0.2) is 12.1 Å². The molecule has 0 bridgehead atoms. The Kier molecular flexibility index (Phi) is 3.79. The molecule has 1 N–H and O–H groups in total. The highest BCUT2D eigenvalue weighted by Gasteiger charge is 2.19. The van der Waals surface area contributed by atoms with E-state index < -0.39 is 29.0 Å². The zero-order chi connectivity index (χ0) is 14.0. The van der Waals surface area contributed by atoms with Crippen molar-refractivity contribution in [2.45, 2.75) is 13.3 Å². The summed E-state index contributed by atoms with van der Waals surface area (Å²) < 4.78 is 42.8. The Bertz CT molecular complexity index is 630. The first-order valence-corrected chi connectivity index (χ1v) is 6.08. The maximum atomic E-state index is 13.4. The van der Waals surface area contributed by atoms with Gasteiger partial charge in [0.15, 0.2) is 17.5 Å². The van der Waals surface area contributed by atoms with Crippen molar-refractivity contribution in [3.63, 3.8) is 0 Å². The molecule has 0 radical (unpaired) electrons. The van der Waals surface area contributed by atoms with Crippen LogP contribution >= 0.6 is 11.5 Å². The van der Waals surface area contributed by atoms with Crippen LogP contribution in [0.3, 0.4) is 0 Å². The number of halogens is 3. The average Bonchev–Trinajstić information content (AvgIpc) is 2.88. The summed E-state index contributed by atoms with van der Waals surface area (Å²) in [5.41, 5.74) is 0.0323. The third-order valence-corrected chi connectivity index (χ3v) is 3.15. The van der Waals surface area contributed by atoms with Crippen LogP contribution in [-0.2, 0) is 6.42 Å². The Morgan fingerprint density at radius 2 is 2.05 bits per heavy atom. The second-order valence-corrected chi connectivity index (χ2v) is 4.33. The molecule has 19 heavy (non-hydrogen) atoms. The predicted octanol–water partition coefficient (Wildman–Crippen LogP) is 2.77. The Labute approximate surface area is 110 Å². The minimum Gasteiger partial charge on any atom is -0.319 e. The molecule has 100 valence electrons. The third-order valence-electron chi connectivity index (χ3n) is 2.38. The van der Waals surface area contributed by atoms with Crippen molar-refractivity contribution in [3.8, 4) is 0 Å². The molecule has 0 saturated heterocycles. The fraction of sp³-hybridized carbons (Fsp3) is 0.182. The van der Waals surface area contributed by atoms with Gasteiger partial charge < -0.3 is 5.32 Å². The number of nitrogens with zero attached hydrogens (tertiary/aromatic N) is 2. The third kappa shape index (κ3) is 2.58. The van der Waals surface area contributed by atoms with Gasteiger partial charge in [-0.1, -0.05) is 11.4 Å². The number of hydrogen-bond donors (Lipinski definition) is 1. The Hall–Kier alpha value is -1.96. The largest absolute Gasteiger partial charge is 0.319 e. The number of anilines is 1. The minimum atomic E-state index is -1.63. The molecule has 1 heterocycles. The smallest absolute Gasteiger partial charge is 0.269 e. The van der Waals surface area contributed by atoms with Gasteiger partial charge in [0.25, 0.3) is 5.91 Å². The van der Waals surface area contributed by atoms with Gasteiger partial charge in [-0.3, -0.25) is 4.79 Å². The van der Waals surface area contributed by atoms with Crippen LogP contribution in [0.4, 0.5) is 18.9 Å². The second kappa shape index (κ2) is 5.35. The number of nitrogens with one attached hydrogen (secondary N) is 1. The van der Waals surface area contributed by atoms with Crippen molar-refractivity contribution in [3.05, 3.63) is 40.2 Å². The van der Waals surface area contributed by atoms with E-state index in [0.717, 1.165) is 23.7 Å². The van der Waals surface area contributed by atoms with E-state index >= 15 is 0 Å². The highest BCUT2D eigenvalue weighted by atomic mass is 32.1. The second-order valence-electron chi connectivity index (χ2n) is 3.58. The summed E-state index contributed by atoms with van der Waals surface area (Å²) in [5.74, 6) is -5.04. The van der Waals surface area contributed by atoms with Gasteiger partial charge in [-0.05, 0) is 30.1 Å². The summed E-state index contributed by atoms with van der Waals surface area (Å²) in [6, 6.07) is 1.69. The van der Waals surface area contributed by atoms with Crippen LogP contribution in [0, 0.1) is 17.5 Å². The summed E-state index contributed by atoms with van der Waals surface area (Å²) in [6.07, 6.45) is 0.486. The number of carbonyl (C=O) groups is 1. The zero-order valence-electron chi connectivity index (χ0n) is 9.71. The number of aromatic nitrogens is 2. The van der Waals surface area contributed by atoms with E-state index in [1.165, 1.54) is 0 Å². The standard InChI is InChI=1S/C11H8F3N3OS/c1-2-6-10(19-17-16-6)11(18)15-7-4-3-5(12)8(13)9(7)14/h3-4H,2H2,1H3,(H,15,18). The van der Waals surface area contributed by atoms with Crippen LogP contribution in [0.2, 0.25) is 0 Å². The summed E-state index contributed by atoms with van der Waals surface area (Å²) in [5, 5.41) is 5.90. The normalized spacial score (nSPS) is 10.5. The van der Waals surface area contributed by atoms with E-state index in [4.69, 9.17) is 0 Å². The quantitative estimate of drug-likeness (QED) is 0.883. The van der Waals surface area contributed by atoms with E-state index in [2.05, 4.69) is 14.9 Å². The number of rotatable bonds is 3. The Morgan fingerprint density at radius 1 is 1.32 bits per heavy atom. The molecule has 0 aliphatic heterocycles. The van der Waals surface area contributed by atoms with Gasteiger partial charge in [0.2, 0.25) is 0 Å². The molecule has 0 saturated carbocycles. The van der Waals surface area contributed by atoms with Crippen LogP contribution in [0.25, 0.3) is 0 Å². The first kappa shape index (κ1) is 13.5. The molecule has 0 aliphatic carbocycles. The molecule has 2 aromatic rings. The number of carbonyl (C=O) groups excluding carboxylic acids is 1. The first-order chi connectivity index (χ1) is 9.04. The molecule has 0 atom stereocenters. The fourth-order valence-corrected chi connectivity index (χ4v) is 2.06. The highest BCUT2D eigenvalue weighted by molar-refractivity contribution is 7.08. The summed E-state index contributed by atoms with van der Waals surface area (Å²) in [6.45, 7) is 1.78. The van der Waals surface area contributed by atoms with Crippen molar-refractivity contribution in [2.75, 3.05) is 5.32 Å². The predicted molar refractivity (Wildman–Crippen MR) is 63.6 cm³/mol. The molecular formula is C11H8F3N3OS. The molecule has 0 aliphatic rings. The topological polar surface area (TPSA) is 54.9 Å². The van der Waals surface area contributed by atoms with Crippen molar-refractivity contribution in [1.29, 1.82) is 0 Å². The van der Waals surface area contributed by atoms with Gasteiger partial charge in [0.05, 0.1) is 11.4 Å². The van der Waals surface area contributed by atoms with E-state index in [-0.39, 0.29) is 4.88 Å². The van der Waals surface area contributed by atoms with Gasteiger partial charge >= 0.3 is 0 Å². The molecule has 0 spiro atoms. The SMILES string of the molecule is CCc1nnsc1C(=O)Nc1ccc(F)c(F)c1F. The number of hydrogen-bond acceptors (Lipinski definition) is 4. The zero-order valence-corrected chi connectivity index (χ0v) is 10.5. The maximum Gasteiger partial charge on any atom is 0.269 e. The Balaban J connectivity index is 2.27. The molecule has 1 aromatic heterocycles. The van der Waals surface area contributed by atoms with E-state index in [0.29, 0.717) is 12.1 Å². The number of benzene rings is 1. The van der Waals surface area contributed by atoms with Gasteiger partial charge in [-0.2, -0.15) is 0 Å². The molecule has 0 fully saturated rings. The van der Waals surface area contributed by atoms with E-state index in [9.17, 15) is 18.0 Å². The van der Waals surface area contributed by atoms with Gasteiger partial charge in [-0.25, -0.2) is 13.2 Å². The minimum absolute atomic E-state index is 0.214. The summed E-state index contributed by atoms with van der Waals surface area (Å²) >= 11 is 0.851. The lowest BCUT2D eigenvalue weighted by molar-refractivity contribution is 0.102. The monoisotopic (exact) mass is 287 g/mol. The van der Waals surface area contributed by atoms with Crippen LogP contribution < -0.4 is 5.32 Å². The summed E-state index contributed by atoms with van der Waals surface area (Å²) in [4.78, 5) is 12.1. The fourth-order valence-electron chi connectivity index (χ4n) is 1.41. The summed E-state index contributed by atoms with van der Waals surface area (Å²) in [7, 11) is 0. The molecule has 2 rings (SSSR count). The van der Waals surface area contributed by atoms with Crippen LogP contribution in [0.5, 0.6) is 0 Å². The van der Waals surface area contributed by atoms with Gasteiger partial charge in [-0.15, -0.1) is 5.10 Å². The first-order valence-electron chi connectivity index (χ1n) is 5.30. The molecule has 1 amide bonds. The van der Waals surface area contributed by atoms with Crippen molar-refractivity contribution in [2.24, 2.45) is 0 Å².